The number of hydrogen-bond acceptors (Lipinski definition) is 6. The number of rotatable bonds is 3. The second-order valence-electron chi connectivity index (χ2n) is 6.84. The van der Waals surface area contributed by atoms with Crippen molar-refractivity contribution in [3.05, 3.63) is 47.5 Å². The minimum Gasteiger partial charge on any atom is -0.493 e. The molecule has 7 heteroatoms. The van der Waals surface area contributed by atoms with Gasteiger partial charge >= 0.3 is 0 Å². The van der Waals surface area contributed by atoms with Crippen molar-refractivity contribution in [3.8, 4) is 11.5 Å². The van der Waals surface area contributed by atoms with Crippen LogP contribution in [0, 0.1) is 0 Å². The fraction of sp³-hybridized carbons (Fsp3) is 0.450. The molecule has 1 amide bonds. The van der Waals surface area contributed by atoms with E-state index in [9.17, 15) is 4.79 Å². The number of ether oxygens (including phenoxy) is 3. The van der Waals surface area contributed by atoms with Crippen LogP contribution in [0.2, 0.25) is 0 Å². The highest BCUT2D eigenvalue weighted by Crippen LogP contribution is 2.45. The maximum atomic E-state index is 12.6. The molecule has 7 nitrogen and oxygen atoms in total. The second kappa shape index (κ2) is 7.15. The lowest BCUT2D eigenvalue weighted by molar-refractivity contribution is -0.0937. The quantitative estimate of drug-likeness (QED) is 0.826. The molecule has 1 saturated heterocycles. The molecule has 0 radical (unpaired) electrons. The van der Waals surface area contributed by atoms with Gasteiger partial charge < -0.3 is 19.1 Å². The summed E-state index contributed by atoms with van der Waals surface area (Å²) in [5, 5.41) is 0. The highest BCUT2D eigenvalue weighted by Gasteiger charge is 2.42. The first-order valence-corrected chi connectivity index (χ1v) is 9.11. The molecule has 0 atom stereocenters. The summed E-state index contributed by atoms with van der Waals surface area (Å²) in [6, 6.07) is 4.09. The summed E-state index contributed by atoms with van der Waals surface area (Å²) < 4.78 is 17.2. The lowest BCUT2D eigenvalue weighted by Crippen LogP contribution is -2.48. The molecule has 3 heterocycles. The number of likely N-dealkylation sites (tertiary alicyclic amines) is 1. The largest absolute Gasteiger partial charge is 0.493 e. The first-order chi connectivity index (χ1) is 13.2. The molecular weight excluding hydrogens is 346 g/mol. The smallest absolute Gasteiger partial charge is 0.274 e. The Bertz CT molecular complexity index is 833. The van der Waals surface area contributed by atoms with E-state index in [-0.39, 0.29) is 11.5 Å². The third-order valence-corrected chi connectivity index (χ3v) is 5.49. The maximum Gasteiger partial charge on any atom is 0.274 e. The predicted octanol–water partition coefficient (Wildman–Crippen LogP) is 2.20. The van der Waals surface area contributed by atoms with Crippen LogP contribution in [0.25, 0.3) is 0 Å². The molecule has 27 heavy (non-hydrogen) atoms. The number of methoxy groups -OCH3 is 2. The average Bonchev–Trinajstić information content (AvgIpc) is 2.74. The molecule has 1 spiro atoms. The van der Waals surface area contributed by atoms with E-state index in [1.807, 2.05) is 11.0 Å². The van der Waals surface area contributed by atoms with Crippen molar-refractivity contribution in [2.75, 3.05) is 33.9 Å². The van der Waals surface area contributed by atoms with Crippen molar-refractivity contribution in [2.24, 2.45) is 0 Å². The summed E-state index contributed by atoms with van der Waals surface area (Å²) in [5.74, 6) is 1.36. The molecule has 142 valence electrons. The van der Waals surface area contributed by atoms with Crippen LogP contribution in [0.1, 0.15) is 34.5 Å². The van der Waals surface area contributed by atoms with E-state index in [0.717, 1.165) is 30.6 Å². The molecule has 2 aromatic rings. The van der Waals surface area contributed by atoms with E-state index in [0.29, 0.717) is 31.1 Å². The molecule has 0 N–H and O–H groups in total. The van der Waals surface area contributed by atoms with Crippen LogP contribution < -0.4 is 9.47 Å². The first-order valence-electron chi connectivity index (χ1n) is 9.11. The van der Waals surface area contributed by atoms with Gasteiger partial charge in [0.05, 0.1) is 32.6 Å². The number of benzene rings is 1. The van der Waals surface area contributed by atoms with Crippen molar-refractivity contribution < 1.29 is 19.0 Å². The standard InChI is InChI=1S/C20H23N3O4/c1-25-17-11-14-3-10-27-20(15(14)12-18(17)26-2)4-8-23(9-5-20)19(24)16-13-21-6-7-22-16/h6-7,11-13H,3-5,8-10H2,1-2H3. The summed E-state index contributed by atoms with van der Waals surface area (Å²) in [7, 11) is 3.29. The summed E-state index contributed by atoms with van der Waals surface area (Å²) in [6.07, 6.45) is 6.94. The Hall–Kier alpha value is -2.67. The van der Waals surface area contributed by atoms with Crippen molar-refractivity contribution in [1.29, 1.82) is 0 Å². The SMILES string of the molecule is COc1cc2c(cc1OC)C1(CCN(C(=O)c3cnccn3)CC1)OCC2. The molecule has 2 aliphatic rings. The van der Waals surface area contributed by atoms with Crippen LogP contribution in [-0.2, 0) is 16.8 Å². The number of aromatic nitrogens is 2. The number of piperidine rings is 1. The average molecular weight is 369 g/mol. The lowest BCUT2D eigenvalue weighted by Gasteiger charge is -2.45. The normalized spacial score (nSPS) is 18.1. The molecule has 0 saturated carbocycles. The van der Waals surface area contributed by atoms with E-state index in [2.05, 4.69) is 16.0 Å². The second-order valence-corrected chi connectivity index (χ2v) is 6.84. The molecule has 2 aliphatic heterocycles. The van der Waals surface area contributed by atoms with Crippen molar-refractivity contribution in [2.45, 2.75) is 24.9 Å². The van der Waals surface area contributed by atoms with Crippen LogP contribution in [0.5, 0.6) is 11.5 Å². The van der Waals surface area contributed by atoms with Crippen LogP contribution in [-0.4, -0.2) is 54.7 Å². The van der Waals surface area contributed by atoms with Crippen molar-refractivity contribution in [3.63, 3.8) is 0 Å². The van der Waals surface area contributed by atoms with Gasteiger partial charge in [0, 0.05) is 25.5 Å². The molecule has 0 bridgehead atoms. The molecule has 1 aromatic carbocycles. The Balaban J connectivity index is 1.58. The summed E-state index contributed by atoms with van der Waals surface area (Å²) in [5.41, 5.74) is 2.38. The van der Waals surface area contributed by atoms with Gasteiger partial charge in [-0.3, -0.25) is 9.78 Å². The lowest BCUT2D eigenvalue weighted by atomic mass is 9.79. The zero-order chi connectivity index (χ0) is 18.9. The van der Waals surface area contributed by atoms with Gasteiger partial charge in [0.15, 0.2) is 11.5 Å². The summed E-state index contributed by atoms with van der Waals surface area (Å²) in [4.78, 5) is 22.6. The van der Waals surface area contributed by atoms with E-state index in [1.54, 1.807) is 26.6 Å². The zero-order valence-electron chi connectivity index (χ0n) is 15.6. The molecule has 0 unspecified atom stereocenters. The maximum absolute atomic E-state index is 12.6. The fourth-order valence-electron chi connectivity index (χ4n) is 4.04. The van der Waals surface area contributed by atoms with Gasteiger partial charge in [-0.25, -0.2) is 4.98 Å². The Kier molecular flexibility index (Phi) is 4.70. The number of fused-ring (bicyclic) bond motifs is 2. The third-order valence-electron chi connectivity index (χ3n) is 5.49. The number of amides is 1. The Morgan fingerprint density at radius 2 is 1.89 bits per heavy atom. The van der Waals surface area contributed by atoms with Crippen LogP contribution in [0.15, 0.2) is 30.7 Å². The van der Waals surface area contributed by atoms with Crippen molar-refractivity contribution >= 4 is 5.91 Å². The predicted molar refractivity (Wildman–Crippen MR) is 98.0 cm³/mol. The molecule has 1 aromatic heterocycles. The van der Waals surface area contributed by atoms with Gasteiger partial charge in [-0.2, -0.15) is 0 Å². The minimum atomic E-state index is -0.383. The van der Waals surface area contributed by atoms with Crippen LogP contribution in [0.3, 0.4) is 0 Å². The molecule has 4 rings (SSSR count). The van der Waals surface area contributed by atoms with Gasteiger partial charge in [-0.05, 0) is 42.5 Å². The topological polar surface area (TPSA) is 73.8 Å². The van der Waals surface area contributed by atoms with Gasteiger partial charge in [-0.15, -0.1) is 0 Å². The van der Waals surface area contributed by atoms with E-state index < -0.39 is 0 Å². The minimum absolute atomic E-state index is 0.0821. The first kappa shape index (κ1) is 17.7. The van der Waals surface area contributed by atoms with Gasteiger partial charge in [-0.1, -0.05) is 0 Å². The monoisotopic (exact) mass is 369 g/mol. The summed E-state index contributed by atoms with van der Waals surface area (Å²) in [6.45, 7) is 1.90. The Morgan fingerprint density at radius 1 is 1.15 bits per heavy atom. The van der Waals surface area contributed by atoms with Gasteiger partial charge in [0.2, 0.25) is 0 Å². The van der Waals surface area contributed by atoms with E-state index in [4.69, 9.17) is 14.2 Å². The van der Waals surface area contributed by atoms with Crippen LogP contribution >= 0.6 is 0 Å². The molecule has 1 fully saturated rings. The Labute approximate surface area is 158 Å². The van der Waals surface area contributed by atoms with Gasteiger partial charge in [0.25, 0.3) is 5.91 Å². The number of hydrogen-bond donors (Lipinski definition) is 0. The van der Waals surface area contributed by atoms with E-state index >= 15 is 0 Å². The van der Waals surface area contributed by atoms with Crippen LogP contribution in [0.4, 0.5) is 0 Å². The summed E-state index contributed by atoms with van der Waals surface area (Å²) >= 11 is 0. The molecular formula is C20H23N3O4. The van der Waals surface area contributed by atoms with Crippen molar-refractivity contribution in [1.82, 2.24) is 14.9 Å². The number of carbonyl (C=O) groups is 1. The van der Waals surface area contributed by atoms with Gasteiger partial charge in [0.1, 0.15) is 5.69 Å². The highest BCUT2D eigenvalue weighted by atomic mass is 16.5. The third kappa shape index (κ3) is 3.12. The van der Waals surface area contributed by atoms with E-state index in [1.165, 1.54) is 11.8 Å². The number of nitrogens with zero attached hydrogens (tertiary/aromatic N) is 3. The number of carbonyl (C=O) groups excluding carboxylic acids is 1. The highest BCUT2D eigenvalue weighted by molar-refractivity contribution is 5.92. The fourth-order valence-corrected chi connectivity index (χ4v) is 4.04. The molecule has 0 aliphatic carbocycles. The zero-order valence-corrected chi connectivity index (χ0v) is 15.6. The Morgan fingerprint density at radius 3 is 2.56 bits per heavy atom.